The highest BCUT2D eigenvalue weighted by Crippen LogP contribution is 2.25. The Morgan fingerprint density at radius 3 is 2.50 bits per heavy atom. The van der Waals surface area contributed by atoms with E-state index < -0.39 is 5.97 Å². The molecule has 0 heterocycles. The lowest BCUT2D eigenvalue weighted by Gasteiger charge is -2.30. The molecule has 1 rings (SSSR count). The Bertz CT molecular complexity index is 233. The second-order valence-corrected chi connectivity index (χ2v) is 6.10. The minimum absolute atomic E-state index is 0.172. The molecule has 0 bridgehead atoms. The Morgan fingerprint density at radius 1 is 1.31 bits per heavy atom. The highest BCUT2D eigenvalue weighted by molar-refractivity contribution is 5.71. The van der Waals surface area contributed by atoms with E-state index in [1.807, 2.05) is 0 Å². The molecule has 0 aromatic heterocycles. The van der Waals surface area contributed by atoms with Crippen molar-refractivity contribution in [3.8, 4) is 0 Å². The number of hydrogen-bond acceptors (Lipinski definition) is 2. The van der Waals surface area contributed by atoms with Gasteiger partial charge in [-0.05, 0) is 31.2 Å². The predicted octanol–water partition coefficient (Wildman–Crippen LogP) is 2.66. The van der Waals surface area contributed by atoms with E-state index in [4.69, 9.17) is 5.11 Å². The Morgan fingerprint density at radius 2 is 1.94 bits per heavy atom. The van der Waals surface area contributed by atoms with Crippen LogP contribution in [0.2, 0.25) is 0 Å². The molecule has 94 valence electrons. The van der Waals surface area contributed by atoms with Gasteiger partial charge >= 0.3 is 5.97 Å². The predicted molar refractivity (Wildman–Crippen MR) is 65.5 cm³/mol. The number of hydrogen-bond donors (Lipinski definition) is 2. The lowest BCUT2D eigenvalue weighted by atomic mass is 9.84. The minimum atomic E-state index is -0.632. The molecule has 0 saturated heterocycles. The van der Waals surface area contributed by atoms with Crippen LogP contribution in [-0.2, 0) is 4.79 Å². The fourth-order valence-corrected chi connectivity index (χ4v) is 2.30. The van der Waals surface area contributed by atoms with E-state index in [2.05, 4.69) is 26.1 Å². The molecule has 16 heavy (non-hydrogen) atoms. The molecule has 3 heteroatoms. The summed E-state index contributed by atoms with van der Waals surface area (Å²) in [7, 11) is 0. The molecular weight excluding hydrogens is 202 g/mol. The number of nitrogens with one attached hydrogen (secondary N) is 1. The van der Waals surface area contributed by atoms with Gasteiger partial charge < -0.3 is 10.4 Å². The second-order valence-electron chi connectivity index (χ2n) is 6.10. The van der Waals surface area contributed by atoms with E-state index in [0.717, 1.165) is 38.6 Å². The summed E-state index contributed by atoms with van der Waals surface area (Å²) in [5, 5.41) is 12.6. The summed E-state index contributed by atoms with van der Waals surface area (Å²) in [5.74, 6) is -0.804. The van der Waals surface area contributed by atoms with Gasteiger partial charge in [-0.3, -0.25) is 4.79 Å². The molecule has 0 radical (unpaired) electrons. The van der Waals surface area contributed by atoms with Crippen LogP contribution in [0.3, 0.4) is 0 Å². The Balaban J connectivity index is 2.36. The number of carboxylic acid groups (broad SMARTS) is 1. The zero-order valence-electron chi connectivity index (χ0n) is 10.8. The molecule has 2 N–H and O–H groups in total. The van der Waals surface area contributed by atoms with Crippen LogP contribution in [0.25, 0.3) is 0 Å². The van der Waals surface area contributed by atoms with Gasteiger partial charge in [0.2, 0.25) is 0 Å². The van der Waals surface area contributed by atoms with Crippen LogP contribution in [0.1, 0.15) is 52.9 Å². The van der Waals surface area contributed by atoms with E-state index >= 15 is 0 Å². The number of aliphatic carboxylic acids is 1. The standard InChI is InChI=1S/C13H25NO2/c1-13(2,3)8-9-14-11-7-5-4-6-10(11)12(15)16/h10-11,14H,4-9H2,1-3H3,(H,15,16). The Kier molecular flexibility index (Phi) is 4.78. The second kappa shape index (κ2) is 5.67. The van der Waals surface area contributed by atoms with Crippen LogP contribution in [0, 0.1) is 11.3 Å². The van der Waals surface area contributed by atoms with Crippen LogP contribution in [0.5, 0.6) is 0 Å². The van der Waals surface area contributed by atoms with Gasteiger partial charge in [-0.15, -0.1) is 0 Å². The first kappa shape index (κ1) is 13.5. The SMILES string of the molecule is CC(C)(C)CCNC1CCCCC1C(=O)O. The van der Waals surface area contributed by atoms with Gasteiger partial charge in [0.15, 0.2) is 0 Å². The summed E-state index contributed by atoms with van der Waals surface area (Å²) in [6, 6.07) is 0.189. The lowest BCUT2D eigenvalue weighted by Crippen LogP contribution is -2.43. The first-order valence-electron chi connectivity index (χ1n) is 6.36. The number of rotatable bonds is 4. The molecule has 0 spiro atoms. The number of carboxylic acids is 1. The lowest BCUT2D eigenvalue weighted by molar-refractivity contribution is -0.143. The van der Waals surface area contributed by atoms with Crippen LogP contribution >= 0.6 is 0 Å². The normalized spacial score (nSPS) is 26.7. The van der Waals surface area contributed by atoms with Crippen molar-refractivity contribution >= 4 is 5.97 Å². The molecule has 0 aromatic carbocycles. The molecule has 0 aliphatic heterocycles. The average molecular weight is 227 g/mol. The van der Waals surface area contributed by atoms with Crippen molar-refractivity contribution in [1.82, 2.24) is 5.32 Å². The highest BCUT2D eigenvalue weighted by Gasteiger charge is 2.30. The Hall–Kier alpha value is -0.570. The van der Waals surface area contributed by atoms with Gasteiger partial charge in [-0.25, -0.2) is 0 Å². The van der Waals surface area contributed by atoms with Gasteiger partial charge in [-0.2, -0.15) is 0 Å². The van der Waals surface area contributed by atoms with Crippen molar-refractivity contribution < 1.29 is 9.90 Å². The smallest absolute Gasteiger partial charge is 0.308 e. The zero-order chi connectivity index (χ0) is 12.2. The van der Waals surface area contributed by atoms with Gasteiger partial charge in [-0.1, -0.05) is 33.6 Å². The van der Waals surface area contributed by atoms with Crippen LogP contribution in [0.4, 0.5) is 0 Å². The molecule has 1 saturated carbocycles. The van der Waals surface area contributed by atoms with Gasteiger partial charge in [0.05, 0.1) is 5.92 Å². The largest absolute Gasteiger partial charge is 0.481 e. The molecule has 3 nitrogen and oxygen atoms in total. The monoisotopic (exact) mass is 227 g/mol. The fraction of sp³-hybridized carbons (Fsp3) is 0.923. The van der Waals surface area contributed by atoms with Crippen LogP contribution < -0.4 is 5.32 Å². The van der Waals surface area contributed by atoms with E-state index in [0.29, 0.717) is 5.41 Å². The summed E-state index contributed by atoms with van der Waals surface area (Å²) in [5.41, 5.74) is 0.320. The van der Waals surface area contributed by atoms with Gasteiger partial charge in [0.25, 0.3) is 0 Å². The first-order chi connectivity index (χ1) is 7.40. The topological polar surface area (TPSA) is 49.3 Å². The van der Waals surface area contributed by atoms with E-state index in [1.54, 1.807) is 0 Å². The molecule has 1 aliphatic carbocycles. The fourth-order valence-electron chi connectivity index (χ4n) is 2.30. The van der Waals surface area contributed by atoms with E-state index in [1.165, 1.54) is 0 Å². The van der Waals surface area contributed by atoms with Crippen molar-refractivity contribution in [3.63, 3.8) is 0 Å². The maximum absolute atomic E-state index is 11.1. The van der Waals surface area contributed by atoms with E-state index in [-0.39, 0.29) is 12.0 Å². The molecule has 1 fully saturated rings. The highest BCUT2D eigenvalue weighted by atomic mass is 16.4. The van der Waals surface area contributed by atoms with E-state index in [9.17, 15) is 4.79 Å². The van der Waals surface area contributed by atoms with Crippen LogP contribution in [0.15, 0.2) is 0 Å². The average Bonchev–Trinajstić information content (AvgIpc) is 2.16. The van der Waals surface area contributed by atoms with Crippen molar-refractivity contribution in [3.05, 3.63) is 0 Å². The van der Waals surface area contributed by atoms with Gasteiger partial charge in [0, 0.05) is 6.04 Å². The molecular formula is C13H25NO2. The van der Waals surface area contributed by atoms with Gasteiger partial charge in [0.1, 0.15) is 0 Å². The summed E-state index contributed by atoms with van der Waals surface area (Å²) in [6.07, 6.45) is 5.17. The quantitative estimate of drug-likeness (QED) is 0.776. The molecule has 2 unspecified atom stereocenters. The number of carbonyl (C=O) groups is 1. The third-order valence-electron chi connectivity index (χ3n) is 3.36. The maximum Gasteiger partial charge on any atom is 0.308 e. The summed E-state index contributed by atoms with van der Waals surface area (Å²) in [4.78, 5) is 11.1. The van der Waals surface area contributed by atoms with Crippen molar-refractivity contribution in [2.45, 2.75) is 58.9 Å². The van der Waals surface area contributed by atoms with Crippen molar-refractivity contribution in [2.75, 3.05) is 6.54 Å². The molecule has 2 atom stereocenters. The molecule has 0 amide bonds. The van der Waals surface area contributed by atoms with Crippen LogP contribution in [-0.4, -0.2) is 23.7 Å². The maximum atomic E-state index is 11.1. The first-order valence-corrected chi connectivity index (χ1v) is 6.36. The molecule has 0 aromatic rings. The summed E-state index contributed by atoms with van der Waals surface area (Å²) >= 11 is 0. The summed E-state index contributed by atoms with van der Waals surface area (Å²) in [6.45, 7) is 7.57. The zero-order valence-corrected chi connectivity index (χ0v) is 10.8. The summed E-state index contributed by atoms with van der Waals surface area (Å²) < 4.78 is 0. The Labute approximate surface area is 98.6 Å². The van der Waals surface area contributed by atoms with Crippen molar-refractivity contribution in [1.29, 1.82) is 0 Å². The van der Waals surface area contributed by atoms with Crippen molar-refractivity contribution in [2.24, 2.45) is 11.3 Å². The third-order valence-corrected chi connectivity index (χ3v) is 3.36. The minimum Gasteiger partial charge on any atom is -0.481 e. The third kappa shape index (κ3) is 4.52. The molecule has 1 aliphatic rings.